The summed E-state index contributed by atoms with van der Waals surface area (Å²) in [6, 6.07) is 7.70. The van der Waals surface area contributed by atoms with Crippen LogP contribution in [0.15, 0.2) is 28.7 Å². The molecule has 1 aromatic heterocycles. The molecule has 14 heavy (non-hydrogen) atoms. The van der Waals surface area contributed by atoms with Crippen molar-refractivity contribution in [3.63, 3.8) is 0 Å². The van der Waals surface area contributed by atoms with Gasteiger partial charge in [-0.15, -0.1) is 0 Å². The van der Waals surface area contributed by atoms with Crippen molar-refractivity contribution in [2.45, 2.75) is 13.0 Å². The van der Waals surface area contributed by atoms with E-state index in [-0.39, 0.29) is 6.04 Å². The summed E-state index contributed by atoms with van der Waals surface area (Å²) in [6.07, 6.45) is 0. The fraction of sp³-hybridized carbons (Fsp3) is 0.273. The van der Waals surface area contributed by atoms with Gasteiger partial charge in [0.15, 0.2) is 0 Å². The van der Waals surface area contributed by atoms with Gasteiger partial charge in [-0.25, -0.2) is 0 Å². The highest BCUT2D eigenvalue weighted by Gasteiger charge is 2.14. The first-order valence-corrected chi connectivity index (χ1v) is 4.67. The molecule has 0 unspecified atom stereocenters. The first kappa shape index (κ1) is 9.24. The number of nitrogens with two attached hydrogens (primary N) is 2. The smallest absolute Gasteiger partial charge is 0.134 e. The molecule has 74 valence electrons. The van der Waals surface area contributed by atoms with Gasteiger partial charge in [0.05, 0.1) is 6.04 Å². The van der Waals surface area contributed by atoms with Crippen LogP contribution in [0.4, 0.5) is 0 Å². The topological polar surface area (TPSA) is 65.2 Å². The zero-order valence-corrected chi connectivity index (χ0v) is 8.16. The lowest BCUT2D eigenvalue weighted by Gasteiger charge is -2.05. The van der Waals surface area contributed by atoms with E-state index in [0.29, 0.717) is 6.54 Å². The first-order valence-electron chi connectivity index (χ1n) is 4.67. The maximum absolute atomic E-state index is 5.84. The van der Waals surface area contributed by atoms with Crippen molar-refractivity contribution in [3.8, 4) is 0 Å². The number of para-hydroxylation sites is 1. The number of furan rings is 1. The van der Waals surface area contributed by atoms with Crippen molar-refractivity contribution in [1.82, 2.24) is 0 Å². The third kappa shape index (κ3) is 1.31. The van der Waals surface area contributed by atoms with Gasteiger partial charge < -0.3 is 15.9 Å². The van der Waals surface area contributed by atoms with E-state index < -0.39 is 0 Å². The first-order chi connectivity index (χ1) is 6.74. The summed E-state index contributed by atoms with van der Waals surface area (Å²) >= 11 is 0. The van der Waals surface area contributed by atoms with E-state index in [4.69, 9.17) is 15.9 Å². The van der Waals surface area contributed by atoms with Crippen molar-refractivity contribution in [3.05, 3.63) is 35.6 Å². The lowest BCUT2D eigenvalue weighted by atomic mass is 10.1. The fourth-order valence-electron chi connectivity index (χ4n) is 1.65. The summed E-state index contributed by atoms with van der Waals surface area (Å²) in [7, 11) is 0. The predicted molar refractivity (Wildman–Crippen MR) is 56.9 cm³/mol. The van der Waals surface area contributed by atoms with Gasteiger partial charge >= 0.3 is 0 Å². The monoisotopic (exact) mass is 190 g/mol. The summed E-state index contributed by atoms with van der Waals surface area (Å²) in [6.45, 7) is 2.41. The van der Waals surface area contributed by atoms with Gasteiger partial charge in [0, 0.05) is 17.5 Å². The van der Waals surface area contributed by atoms with Gasteiger partial charge in [0.25, 0.3) is 0 Å². The highest BCUT2D eigenvalue weighted by molar-refractivity contribution is 5.82. The summed E-state index contributed by atoms with van der Waals surface area (Å²) in [5.41, 5.74) is 13.3. The Bertz CT molecular complexity index is 447. The van der Waals surface area contributed by atoms with E-state index >= 15 is 0 Å². The Hall–Kier alpha value is -1.32. The van der Waals surface area contributed by atoms with E-state index in [1.807, 2.05) is 31.2 Å². The van der Waals surface area contributed by atoms with E-state index in [9.17, 15) is 0 Å². The van der Waals surface area contributed by atoms with Gasteiger partial charge in [-0.1, -0.05) is 18.2 Å². The van der Waals surface area contributed by atoms with Crippen LogP contribution < -0.4 is 11.5 Å². The maximum Gasteiger partial charge on any atom is 0.134 e. The van der Waals surface area contributed by atoms with E-state index in [1.165, 1.54) is 0 Å². The van der Waals surface area contributed by atoms with Crippen LogP contribution in [-0.4, -0.2) is 6.54 Å². The Morgan fingerprint density at radius 2 is 2.07 bits per heavy atom. The molecule has 3 nitrogen and oxygen atoms in total. The molecule has 2 aromatic rings. The Balaban J connectivity index is 2.62. The molecule has 0 bridgehead atoms. The second-order valence-corrected chi connectivity index (χ2v) is 3.43. The van der Waals surface area contributed by atoms with Crippen LogP contribution in [0, 0.1) is 6.92 Å². The zero-order chi connectivity index (χ0) is 10.1. The summed E-state index contributed by atoms with van der Waals surface area (Å²) < 4.78 is 5.65. The molecule has 0 amide bonds. The maximum atomic E-state index is 5.84. The molecule has 1 atom stereocenters. The van der Waals surface area contributed by atoms with Crippen LogP contribution in [0.5, 0.6) is 0 Å². The number of fused-ring (bicyclic) bond motifs is 1. The zero-order valence-electron chi connectivity index (χ0n) is 8.16. The molecular formula is C11H14N2O. The third-order valence-electron chi connectivity index (χ3n) is 2.47. The molecule has 1 aromatic carbocycles. The molecule has 0 fully saturated rings. The number of rotatable bonds is 2. The van der Waals surface area contributed by atoms with Crippen molar-refractivity contribution in [2.24, 2.45) is 11.5 Å². The largest absolute Gasteiger partial charge is 0.459 e. The Morgan fingerprint density at radius 3 is 2.71 bits per heavy atom. The van der Waals surface area contributed by atoms with E-state index in [2.05, 4.69) is 0 Å². The van der Waals surface area contributed by atoms with Gasteiger partial charge in [-0.2, -0.15) is 0 Å². The van der Waals surface area contributed by atoms with Crippen LogP contribution in [0.1, 0.15) is 17.4 Å². The molecule has 1 heterocycles. The van der Waals surface area contributed by atoms with E-state index in [1.54, 1.807) is 0 Å². The molecule has 0 aliphatic rings. The van der Waals surface area contributed by atoms with Crippen LogP contribution in [-0.2, 0) is 0 Å². The van der Waals surface area contributed by atoms with Crippen molar-refractivity contribution in [2.75, 3.05) is 6.54 Å². The SMILES string of the molecule is Cc1c([C@@H](N)CN)oc2ccccc12. The number of hydrogen-bond donors (Lipinski definition) is 2. The number of benzene rings is 1. The second kappa shape index (κ2) is 3.44. The molecular weight excluding hydrogens is 176 g/mol. The Morgan fingerprint density at radius 1 is 1.36 bits per heavy atom. The predicted octanol–water partition coefficient (Wildman–Crippen LogP) is 1.70. The van der Waals surface area contributed by atoms with Crippen molar-refractivity contribution < 1.29 is 4.42 Å². The number of hydrogen-bond acceptors (Lipinski definition) is 3. The van der Waals surface area contributed by atoms with Gasteiger partial charge in [0.2, 0.25) is 0 Å². The van der Waals surface area contributed by atoms with Crippen molar-refractivity contribution in [1.29, 1.82) is 0 Å². The normalized spacial score (nSPS) is 13.4. The van der Waals surface area contributed by atoms with Crippen LogP contribution in [0.2, 0.25) is 0 Å². The molecule has 0 saturated carbocycles. The molecule has 0 spiro atoms. The minimum absolute atomic E-state index is 0.206. The summed E-state index contributed by atoms with van der Waals surface area (Å²) in [4.78, 5) is 0. The average molecular weight is 190 g/mol. The second-order valence-electron chi connectivity index (χ2n) is 3.43. The molecule has 0 radical (unpaired) electrons. The third-order valence-corrected chi connectivity index (χ3v) is 2.47. The Labute approximate surface area is 82.7 Å². The average Bonchev–Trinajstić information content (AvgIpc) is 2.56. The molecule has 0 saturated heterocycles. The molecule has 3 heteroatoms. The summed E-state index contributed by atoms with van der Waals surface area (Å²) in [5, 5.41) is 1.12. The highest BCUT2D eigenvalue weighted by atomic mass is 16.3. The van der Waals surface area contributed by atoms with Gasteiger partial charge in [-0.05, 0) is 13.0 Å². The molecule has 2 rings (SSSR count). The minimum Gasteiger partial charge on any atom is -0.459 e. The van der Waals surface area contributed by atoms with Gasteiger partial charge in [-0.3, -0.25) is 0 Å². The highest BCUT2D eigenvalue weighted by Crippen LogP contribution is 2.27. The lowest BCUT2D eigenvalue weighted by Crippen LogP contribution is -2.20. The summed E-state index contributed by atoms with van der Waals surface area (Å²) in [5.74, 6) is 0.800. The molecule has 4 N–H and O–H groups in total. The molecule has 0 aliphatic heterocycles. The Kier molecular flexibility index (Phi) is 2.27. The van der Waals surface area contributed by atoms with Crippen molar-refractivity contribution >= 4 is 11.0 Å². The quantitative estimate of drug-likeness (QED) is 0.757. The molecule has 0 aliphatic carbocycles. The van der Waals surface area contributed by atoms with Gasteiger partial charge in [0.1, 0.15) is 11.3 Å². The lowest BCUT2D eigenvalue weighted by molar-refractivity contribution is 0.496. The fourth-order valence-corrected chi connectivity index (χ4v) is 1.65. The van der Waals surface area contributed by atoms with Crippen LogP contribution in [0.3, 0.4) is 0 Å². The number of aryl methyl sites for hydroxylation is 1. The van der Waals surface area contributed by atoms with E-state index in [0.717, 1.165) is 22.3 Å². The standard InChI is InChI=1S/C11H14N2O/c1-7-8-4-2-3-5-10(8)14-11(7)9(13)6-12/h2-5,9H,6,12-13H2,1H3/t9-/m0/s1. The minimum atomic E-state index is -0.206. The van der Waals surface area contributed by atoms with Crippen LogP contribution >= 0.6 is 0 Å². The van der Waals surface area contributed by atoms with Crippen LogP contribution in [0.25, 0.3) is 11.0 Å².